The summed E-state index contributed by atoms with van der Waals surface area (Å²) >= 11 is 0. The fourth-order valence-corrected chi connectivity index (χ4v) is 1.95. The van der Waals surface area contributed by atoms with Crippen molar-refractivity contribution in [2.75, 3.05) is 37.4 Å². The van der Waals surface area contributed by atoms with Gasteiger partial charge in [-0.1, -0.05) is 44.2 Å². The molecule has 5 heteroatoms. The van der Waals surface area contributed by atoms with Crippen molar-refractivity contribution in [2.45, 2.75) is 13.8 Å². The highest BCUT2D eigenvalue weighted by Gasteiger charge is 2.07. The second-order valence-corrected chi connectivity index (χ2v) is 5.52. The van der Waals surface area contributed by atoms with Gasteiger partial charge in [0, 0.05) is 31.8 Å². The summed E-state index contributed by atoms with van der Waals surface area (Å²) in [6.45, 7) is 6.52. The number of rotatable bonds is 8. The predicted octanol–water partition coefficient (Wildman–Crippen LogP) is 3.27. The molecule has 2 N–H and O–H groups in total. The van der Waals surface area contributed by atoms with Crippen molar-refractivity contribution < 1.29 is 4.74 Å². The van der Waals surface area contributed by atoms with Gasteiger partial charge in [-0.15, -0.1) is 0 Å². The monoisotopic (exact) mass is 300 g/mol. The molecule has 2 aromatic rings. The van der Waals surface area contributed by atoms with Gasteiger partial charge in [0.05, 0.1) is 12.3 Å². The van der Waals surface area contributed by atoms with Crippen LogP contribution in [0.3, 0.4) is 0 Å². The first-order valence-electron chi connectivity index (χ1n) is 7.60. The zero-order valence-corrected chi connectivity index (χ0v) is 13.5. The first-order valence-corrected chi connectivity index (χ1v) is 7.60. The maximum atomic E-state index is 5.05. The maximum Gasteiger partial charge on any atom is 0.225 e. The molecule has 0 saturated heterocycles. The molecular formula is C17H24N4O. The first kappa shape index (κ1) is 16.2. The van der Waals surface area contributed by atoms with Crippen molar-refractivity contribution in [3.8, 4) is 11.3 Å². The quantitative estimate of drug-likeness (QED) is 0.733. The molecule has 2 rings (SSSR count). The minimum Gasteiger partial charge on any atom is -0.383 e. The molecule has 0 unspecified atom stereocenters. The van der Waals surface area contributed by atoms with Gasteiger partial charge in [-0.2, -0.15) is 4.98 Å². The minimum atomic E-state index is 0.556. The predicted molar refractivity (Wildman–Crippen MR) is 91.2 cm³/mol. The highest BCUT2D eigenvalue weighted by Crippen LogP contribution is 2.21. The van der Waals surface area contributed by atoms with Crippen LogP contribution in [0.1, 0.15) is 13.8 Å². The lowest BCUT2D eigenvalue weighted by molar-refractivity contribution is 0.210. The SMILES string of the molecule is COCCNc1nc(NCC(C)C)cc(-c2ccccc2)n1. The molecular weight excluding hydrogens is 276 g/mol. The highest BCUT2D eigenvalue weighted by molar-refractivity contribution is 5.64. The van der Waals surface area contributed by atoms with E-state index in [1.165, 1.54) is 0 Å². The Hall–Kier alpha value is -2.14. The molecule has 1 aromatic heterocycles. The molecule has 5 nitrogen and oxygen atoms in total. The number of nitrogens with one attached hydrogen (secondary N) is 2. The van der Waals surface area contributed by atoms with Gasteiger partial charge in [0.25, 0.3) is 0 Å². The molecule has 0 bridgehead atoms. The van der Waals surface area contributed by atoms with Gasteiger partial charge >= 0.3 is 0 Å². The fourth-order valence-electron chi connectivity index (χ4n) is 1.95. The van der Waals surface area contributed by atoms with E-state index in [0.717, 1.165) is 23.6 Å². The molecule has 0 aliphatic carbocycles. The summed E-state index contributed by atoms with van der Waals surface area (Å²) in [5.74, 6) is 2.01. The highest BCUT2D eigenvalue weighted by atomic mass is 16.5. The van der Waals surface area contributed by atoms with Gasteiger partial charge in [-0.3, -0.25) is 0 Å². The van der Waals surface area contributed by atoms with Crippen LogP contribution in [0.25, 0.3) is 11.3 Å². The second kappa shape index (κ2) is 8.34. The summed E-state index contributed by atoms with van der Waals surface area (Å²) in [5, 5.41) is 6.56. The summed E-state index contributed by atoms with van der Waals surface area (Å²) in [6, 6.07) is 12.1. The molecule has 0 amide bonds. The van der Waals surface area contributed by atoms with Crippen LogP contribution in [0.4, 0.5) is 11.8 Å². The van der Waals surface area contributed by atoms with Crippen LogP contribution in [0, 0.1) is 5.92 Å². The Kier molecular flexibility index (Phi) is 6.15. The van der Waals surface area contributed by atoms with E-state index >= 15 is 0 Å². The van der Waals surface area contributed by atoms with Gasteiger partial charge in [0.2, 0.25) is 5.95 Å². The summed E-state index contributed by atoms with van der Waals surface area (Å²) in [7, 11) is 1.68. The third kappa shape index (κ3) is 5.00. The maximum absolute atomic E-state index is 5.05. The number of aromatic nitrogens is 2. The number of anilines is 2. The van der Waals surface area contributed by atoms with E-state index in [2.05, 4.69) is 34.4 Å². The number of benzene rings is 1. The minimum absolute atomic E-state index is 0.556. The Morgan fingerprint density at radius 3 is 2.55 bits per heavy atom. The molecule has 0 aliphatic rings. The summed E-state index contributed by atoms with van der Waals surface area (Å²) in [4.78, 5) is 9.10. The van der Waals surface area contributed by atoms with E-state index in [1.54, 1.807) is 7.11 Å². The normalized spacial score (nSPS) is 10.7. The van der Waals surface area contributed by atoms with Crippen LogP contribution < -0.4 is 10.6 Å². The van der Waals surface area contributed by atoms with Crippen molar-refractivity contribution in [3.05, 3.63) is 36.4 Å². The van der Waals surface area contributed by atoms with Crippen molar-refractivity contribution in [1.82, 2.24) is 9.97 Å². The lowest BCUT2D eigenvalue weighted by Gasteiger charge is -2.12. The van der Waals surface area contributed by atoms with Crippen LogP contribution in [0.5, 0.6) is 0 Å². The number of ether oxygens (including phenoxy) is 1. The smallest absolute Gasteiger partial charge is 0.225 e. The lowest BCUT2D eigenvalue weighted by atomic mass is 10.1. The number of methoxy groups -OCH3 is 1. The molecule has 0 fully saturated rings. The number of nitrogens with zero attached hydrogens (tertiary/aromatic N) is 2. The fraction of sp³-hybridized carbons (Fsp3) is 0.412. The molecule has 118 valence electrons. The van der Waals surface area contributed by atoms with E-state index in [1.807, 2.05) is 36.4 Å². The van der Waals surface area contributed by atoms with Crippen molar-refractivity contribution in [1.29, 1.82) is 0 Å². The molecule has 0 radical (unpaired) electrons. The summed E-state index contributed by atoms with van der Waals surface area (Å²) < 4.78 is 5.05. The standard InChI is InChI=1S/C17H24N4O/c1-13(2)12-19-16-11-15(14-7-5-4-6-8-14)20-17(21-16)18-9-10-22-3/h4-8,11,13H,9-10,12H2,1-3H3,(H2,18,19,20,21). The Bertz CT molecular complexity index is 572. The zero-order chi connectivity index (χ0) is 15.8. The zero-order valence-electron chi connectivity index (χ0n) is 13.5. The third-order valence-electron chi connectivity index (χ3n) is 3.08. The molecule has 0 atom stereocenters. The largest absolute Gasteiger partial charge is 0.383 e. The van der Waals surface area contributed by atoms with Gasteiger partial charge in [-0.25, -0.2) is 4.98 Å². The molecule has 1 aromatic carbocycles. The van der Waals surface area contributed by atoms with E-state index in [-0.39, 0.29) is 0 Å². The van der Waals surface area contributed by atoms with E-state index < -0.39 is 0 Å². The molecule has 0 spiro atoms. The van der Waals surface area contributed by atoms with E-state index in [4.69, 9.17) is 4.74 Å². The average Bonchev–Trinajstić information content (AvgIpc) is 2.54. The van der Waals surface area contributed by atoms with Crippen molar-refractivity contribution in [3.63, 3.8) is 0 Å². The lowest BCUT2D eigenvalue weighted by Crippen LogP contribution is -2.13. The molecule has 1 heterocycles. The Morgan fingerprint density at radius 2 is 1.86 bits per heavy atom. The third-order valence-corrected chi connectivity index (χ3v) is 3.08. The number of hydrogen-bond acceptors (Lipinski definition) is 5. The molecule has 0 saturated carbocycles. The van der Waals surface area contributed by atoms with Crippen molar-refractivity contribution >= 4 is 11.8 Å². The second-order valence-electron chi connectivity index (χ2n) is 5.52. The van der Waals surface area contributed by atoms with Crippen molar-refractivity contribution in [2.24, 2.45) is 5.92 Å². The average molecular weight is 300 g/mol. The Labute approximate surface area is 132 Å². The summed E-state index contributed by atoms with van der Waals surface area (Å²) in [5.41, 5.74) is 1.98. The van der Waals surface area contributed by atoms with Crippen LogP contribution in [0.15, 0.2) is 36.4 Å². The number of hydrogen-bond donors (Lipinski definition) is 2. The van der Waals surface area contributed by atoms with Gasteiger partial charge in [0.15, 0.2) is 0 Å². The Balaban J connectivity index is 2.23. The first-order chi connectivity index (χ1) is 10.7. The summed E-state index contributed by atoms with van der Waals surface area (Å²) in [6.07, 6.45) is 0. The molecule has 22 heavy (non-hydrogen) atoms. The van der Waals surface area contributed by atoms with E-state index in [0.29, 0.717) is 25.0 Å². The molecule has 0 aliphatic heterocycles. The topological polar surface area (TPSA) is 59.1 Å². The van der Waals surface area contributed by atoms with E-state index in [9.17, 15) is 0 Å². The van der Waals surface area contributed by atoms with Gasteiger partial charge in [0.1, 0.15) is 5.82 Å². The van der Waals surface area contributed by atoms with Crippen LogP contribution >= 0.6 is 0 Å². The van der Waals surface area contributed by atoms with Gasteiger partial charge < -0.3 is 15.4 Å². The van der Waals surface area contributed by atoms with Crippen LogP contribution in [-0.4, -0.2) is 36.8 Å². The van der Waals surface area contributed by atoms with Gasteiger partial charge in [-0.05, 0) is 5.92 Å². The van der Waals surface area contributed by atoms with Crippen LogP contribution in [0.2, 0.25) is 0 Å². The van der Waals surface area contributed by atoms with Crippen LogP contribution in [-0.2, 0) is 4.74 Å². The Morgan fingerprint density at radius 1 is 1.09 bits per heavy atom.